The van der Waals surface area contributed by atoms with Crippen molar-refractivity contribution in [2.75, 3.05) is 56.9 Å². The van der Waals surface area contributed by atoms with Gasteiger partial charge in [0.2, 0.25) is 0 Å². The van der Waals surface area contributed by atoms with Crippen LogP contribution in [0.3, 0.4) is 0 Å². The second-order valence-electron chi connectivity index (χ2n) is 27.2. The molecule has 650 valence electrons. The number of benzene rings is 8. The number of fused-ring (bicyclic) bond motifs is 4. The summed E-state index contributed by atoms with van der Waals surface area (Å²) in [5.41, 5.74) is 22.2. The van der Waals surface area contributed by atoms with Crippen LogP contribution in [-0.2, 0) is 99.6 Å². The summed E-state index contributed by atoms with van der Waals surface area (Å²) >= 11 is 0. The molecular weight excluding hydrogens is 2250 g/mol. The maximum atomic E-state index is 10.0. The van der Waals surface area contributed by atoms with Gasteiger partial charge in [-0.1, -0.05) is 111 Å². The molecule has 12 rings (SSSR count). The minimum absolute atomic E-state index is 0. The van der Waals surface area contributed by atoms with E-state index in [4.69, 9.17) is 78.3 Å². The summed E-state index contributed by atoms with van der Waals surface area (Å²) in [7, 11) is 13.1. The third kappa shape index (κ3) is 33.6. The molecule has 0 unspecified atom stereocenters. The number of methoxy groups -OCH3 is 8. The van der Waals surface area contributed by atoms with Crippen LogP contribution in [0.25, 0.3) is 88.6 Å². The van der Waals surface area contributed by atoms with Crippen molar-refractivity contribution in [2.24, 2.45) is 0 Å². The number of carbonyl (C=O) groups is 4. The molecular formula is C97H106Ir4N4O16-4. The number of ether oxygens (including phenoxy) is 8. The van der Waals surface area contributed by atoms with Crippen LogP contribution >= 0.6 is 0 Å². The molecule has 0 aliphatic heterocycles. The van der Waals surface area contributed by atoms with Gasteiger partial charge in [-0.2, -0.15) is 0 Å². The fraction of sp³-hybridized carbons (Fsp3) is 0.258. The molecule has 4 N–H and O–H groups in total. The SMILES string of the molecule is CC(=O)C=C(C)O.CC(=O)C=C(C)O.CC(=O)C=C(C)O.CC(=O)C=C(C)O.COc1cc2ccc(-c3[c-]c(C)c(C)cc3C)nc2cc1OC.COc1cc2ccc(-c3[c-]cc(C)c(C)c3)nc2cc1OC.COc1cc2ccc(-c3[c-]cc(C)cc3C)nc2cc1OC.COc1cc2ccc(-c3[c-]ccc(C)c3C)nc2cc1OC.[Ir].[Ir].[Ir].[Ir]. The summed E-state index contributed by atoms with van der Waals surface area (Å²) in [5.74, 6) is 5.33. The number of hydrogen-bond acceptors (Lipinski definition) is 20. The van der Waals surface area contributed by atoms with Gasteiger partial charge < -0.3 is 58.3 Å². The minimum atomic E-state index is -0.125. The van der Waals surface area contributed by atoms with Crippen LogP contribution in [0.2, 0.25) is 0 Å². The van der Waals surface area contributed by atoms with Gasteiger partial charge in [0.05, 0.1) is 102 Å². The van der Waals surface area contributed by atoms with Crippen LogP contribution in [0.1, 0.15) is 105 Å². The predicted octanol–water partition coefficient (Wildman–Crippen LogP) is 21.8. The Labute approximate surface area is 765 Å². The van der Waals surface area contributed by atoms with Crippen molar-refractivity contribution in [3.05, 3.63) is 261 Å². The monoisotopic (exact) mass is 2350 g/mol. The second-order valence-corrected chi connectivity index (χ2v) is 27.2. The smallest absolute Gasteiger partial charge is 0.162 e. The summed E-state index contributed by atoms with van der Waals surface area (Å²) in [5, 5.41) is 37.5. The number of ketones is 4. The molecule has 4 radical (unpaired) electrons. The molecule has 0 saturated heterocycles. The summed E-state index contributed by atoms with van der Waals surface area (Å²) in [6.45, 7) is 30.2. The number of carbonyl (C=O) groups excluding carboxylic acids is 4. The molecule has 12 aromatic rings. The number of allylic oxidation sites excluding steroid dienone is 8. The fourth-order valence-electron chi connectivity index (χ4n) is 11.5. The zero-order valence-corrected chi connectivity index (χ0v) is 82.5. The Kier molecular flexibility index (Phi) is 47.5. The Hall–Kier alpha value is -10.8. The molecule has 8 aromatic carbocycles. The van der Waals surface area contributed by atoms with Crippen molar-refractivity contribution in [2.45, 2.75) is 118 Å². The van der Waals surface area contributed by atoms with Crippen molar-refractivity contribution in [3.63, 3.8) is 0 Å². The number of rotatable bonds is 16. The standard InChI is InChI=1S/C20H20NO2.3C19H18NO2.4C5H8O2.4Ir/c1-12-8-14(3)16(9-13(12)2)17-7-6-15-10-19(22-4)20(23-5)11-18(15)21-17;1-12-5-7-15(13(2)9-12)16-8-6-14-10-18(21-3)19(22-4)11-17(14)20-16;1-12-5-6-14(9-13(12)2)16-8-7-15-10-18(21-3)19(22-4)11-17(15)20-16;1-12-6-5-7-15(13(12)2)16-9-8-14-10-18(21-3)19(22-4)11-17(14)20-16;4*1-4(6)3-5(2)7;;;;/h6-8,10-11H,1-5H3;5-6,8-11H,1-4H3;5,7-11H,1-4H3;5-6,8-11H,1-4H3;4*3,6H,1-2H3;;;;/q4*-1;;;;;;;;. The summed E-state index contributed by atoms with van der Waals surface area (Å²) < 4.78 is 42.8. The van der Waals surface area contributed by atoms with Crippen LogP contribution in [0.15, 0.2) is 187 Å². The average Bonchev–Trinajstić information content (AvgIpc) is 0.803. The van der Waals surface area contributed by atoms with Gasteiger partial charge >= 0.3 is 0 Å². The molecule has 0 amide bonds. The number of aliphatic hydroxyl groups is 4. The van der Waals surface area contributed by atoms with Crippen molar-refractivity contribution < 1.29 is 158 Å². The maximum absolute atomic E-state index is 10.0. The van der Waals surface area contributed by atoms with Gasteiger partial charge in [0.1, 0.15) is 0 Å². The van der Waals surface area contributed by atoms with E-state index < -0.39 is 0 Å². The van der Waals surface area contributed by atoms with Gasteiger partial charge in [-0.05, 0) is 102 Å². The molecule has 20 nitrogen and oxygen atoms in total. The number of hydrogen-bond donors (Lipinski definition) is 4. The Morgan fingerprint density at radius 1 is 0.306 bits per heavy atom. The van der Waals surface area contributed by atoms with Gasteiger partial charge in [0, 0.05) is 151 Å². The molecule has 4 aromatic heterocycles. The molecule has 0 aliphatic carbocycles. The van der Waals surface area contributed by atoms with E-state index in [2.05, 4.69) is 123 Å². The van der Waals surface area contributed by atoms with E-state index >= 15 is 0 Å². The first-order chi connectivity index (χ1) is 55.4. The fourth-order valence-corrected chi connectivity index (χ4v) is 11.5. The third-order valence-electron chi connectivity index (χ3n) is 17.4. The number of pyridine rings is 4. The molecule has 4 heterocycles. The molecule has 121 heavy (non-hydrogen) atoms. The largest absolute Gasteiger partial charge is 0.512 e. The van der Waals surface area contributed by atoms with Crippen LogP contribution in [-0.4, -0.2) is 120 Å². The first-order valence-corrected chi connectivity index (χ1v) is 37.0. The number of nitrogens with zero attached hydrogens (tertiary/aromatic N) is 4. The number of aryl methyl sites for hydroxylation is 8. The van der Waals surface area contributed by atoms with E-state index in [0.29, 0.717) is 46.0 Å². The van der Waals surface area contributed by atoms with Crippen LogP contribution in [0.5, 0.6) is 46.0 Å². The van der Waals surface area contributed by atoms with Gasteiger partial charge in [-0.25, -0.2) is 0 Å². The Bertz CT molecular complexity index is 5540. The first kappa shape index (κ1) is 108. The molecule has 24 heteroatoms. The zero-order chi connectivity index (χ0) is 87.1. The van der Waals surface area contributed by atoms with Crippen molar-refractivity contribution in [1.82, 2.24) is 19.9 Å². The van der Waals surface area contributed by atoms with E-state index in [-0.39, 0.29) is 127 Å². The zero-order valence-electron chi connectivity index (χ0n) is 72.9. The summed E-state index contributed by atoms with van der Waals surface area (Å²) in [6, 6.07) is 59.5. The van der Waals surface area contributed by atoms with E-state index in [1.165, 1.54) is 124 Å². The van der Waals surface area contributed by atoms with Crippen LogP contribution in [0.4, 0.5) is 0 Å². The van der Waals surface area contributed by atoms with E-state index in [1.54, 1.807) is 56.9 Å². The van der Waals surface area contributed by atoms with Crippen molar-refractivity contribution in [3.8, 4) is 91.0 Å². The van der Waals surface area contributed by atoms with Gasteiger partial charge in [-0.15, -0.1) is 139 Å². The molecule has 0 fully saturated rings. The molecule has 0 saturated carbocycles. The van der Waals surface area contributed by atoms with Crippen molar-refractivity contribution in [1.29, 1.82) is 0 Å². The van der Waals surface area contributed by atoms with Crippen LogP contribution < -0.4 is 37.9 Å². The third-order valence-corrected chi connectivity index (χ3v) is 17.4. The van der Waals surface area contributed by atoms with Gasteiger partial charge in [0.25, 0.3) is 0 Å². The summed E-state index contributed by atoms with van der Waals surface area (Å²) in [4.78, 5) is 59.1. The van der Waals surface area contributed by atoms with E-state index in [9.17, 15) is 19.2 Å². The predicted molar refractivity (Wildman–Crippen MR) is 467 cm³/mol. The van der Waals surface area contributed by atoms with E-state index in [1.807, 2.05) is 103 Å². The molecule has 0 spiro atoms. The first-order valence-electron chi connectivity index (χ1n) is 37.0. The molecule has 0 bridgehead atoms. The second kappa shape index (κ2) is 53.1. The Balaban J connectivity index is 0.000000722. The number of aliphatic hydroxyl groups excluding tert-OH is 4. The van der Waals surface area contributed by atoms with Crippen molar-refractivity contribution >= 4 is 66.7 Å². The molecule has 0 aliphatic rings. The quantitative estimate of drug-likeness (QED) is 0.0397. The average molecular weight is 2350 g/mol. The minimum Gasteiger partial charge on any atom is -0.512 e. The Morgan fingerprint density at radius 3 is 0.917 bits per heavy atom. The number of aromatic nitrogens is 4. The van der Waals surface area contributed by atoms with E-state index in [0.717, 1.165) is 94.2 Å². The topological polar surface area (TPSA) is 275 Å². The van der Waals surface area contributed by atoms with Gasteiger partial charge in [-0.3, -0.25) is 39.1 Å². The van der Waals surface area contributed by atoms with Crippen LogP contribution in [0, 0.1) is 86.6 Å². The van der Waals surface area contributed by atoms with Gasteiger partial charge in [0.15, 0.2) is 69.1 Å². The molecule has 0 atom stereocenters. The normalized spacial score (nSPS) is 10.6. The maximum Gasteiger partial charge on any atom is 0.162 e. The Morgan fingerprint density at radius 2 is 0.612 bits per heavy atom. The summed E-state index contributed by atoms with van der Waals surface area (Å²) in [6.07, 6.45) is 4.67.